The van der Waals surface area contributed by atoms with Crippen LogP contribution in [-0.4, -0.2) is 32.3 Å². The lowest BCUT2D eigenvalue weighted by Gasteiger charge is -2.32. The summed E-state index contributed by atoms with van der Waals surface area (Å²) in [6, 6.07) is 7.61. The van der Waals surface area contributed by atoms with Gasteiger partial charge in [0.1, 0.15) is 0 Å². The average molecular weight is 290 g/mol. The highest BCUT2D eigenvalue weighted by atomic mass is 16.5. The van der Waals surface area contributed by atoms with Crippen LogP contribution in [0.2, 0.25) is 0 Å². The topological polar surface area (TPSA) is 38.5 Å². The molecule has 3 nitrogen and oxygen atoms in total. The quantitative estimate of drug-likeness (QED) is 0.799. The highest BCUT2D eigenvalue weighted by Gasteiger charge is 2.32. The van der Waals surface area contributed by atoms with Gasteiger partial charge in [-0.3, -0.25) is 0 Å². The molecule has 118 valence electrons. The van der Waals surface area contributed by atoms with Crippen LogP contribution in [0, 0.1) is 12.8 Å². The molecule has 2 unspecified atom stereocenters. The van der Waals surface area contributed by atoms with E-state index in [0.717, 1.165) is 25.5 Å². The first-order chi connectivity index (χ1) is 10.0. The number of anilines is 1. The molecule has 1 aromatic rings. The van der Waals surface area contributed by atoms with E-state index < -0.39 is 0 Å². The van der Waals surface area contributed by atoms with Crippen LogP contribution in [0.15, 0.2) is 18.2 Å². The van der Waals surface area contributed by atoms with Crippen LogP contribution in [0.5, 0.6) is 0 Å². The Kier molecular flexibility index (Phi) is 5.65. The molecule has 1 saturated carbocycles. The summed E-state index contributed by atoms with van der Waals surface area (Å²) in [5.74, 6) is 0.853. The van der Waals surface area contributed by atoms with Crippen molar-refractivity contribution >= 4 is 5.69 Å². The highest BCUT2D eigenvalue weighted by molar-refractivity contribution is 5.52. The molecule has 1 aliphatic carbocycles. The Hall–Kier alpha value is -1.06. The lowest BCUT2D eigenvalue weighted by atomic mass is 10.0. The van der Waals surface area contributed by atoms with E-state index in [2.05, 4.69) is 43.9 Å². The molecule has 3 heteroatoms. The van der Waals surface area contributed by atoms with Crippen molar-refractivity contribution < 1.29 is 4.74 Å². The fourth-order valence-electron chi connectivity index (χ4n) is 3.03. The van der Waals surface area contributed by atoms with Crippen LogP contribution in [0.4, 0.5) is 5.69 Å². The number of nitrogens with two attached hydrogens (primary N) is 1. The molecule has 2 rings (SSSR count). The van der Waals surface area contributed by atoms with Gasteiger partial charge >= 0.3 is 0 Å². The smallest absolute Gasteiger partial charge is 0.0637 e. The SMILES string of the molecule is COCCN(c1ccc(CC(C)N)c(C)c1)C(C)C1CC1. The standard InChI is InChI=1S/C18H30N2O/c1-13-11-18(8-7-17(13)12-14(2)19)20(9-10-21-4)15(3)16-5-6-16/h7-8,11,14-16H,5-6,9-10,12,19H2,1-4H3. The zero-order chi connectivity index (χ0) is 15.4. The van der Waals surface area contributed by atoms with E-state index in [1.807, 2.05) is 0 Å². The lowest BCUT2D eigenvalue weighted by molar-refractivity contribution is 0.202. The lowest BCUT2D eigenvalue weighted by Crippen LogP contribution is -2.37. The first-order valence-corrected chi connectivity index (χ1v) is 8.13. The van der Waals surface area contributed by atoms with E-state index >= 15 is 0 Å². The van der Waals surface area contributed by atoms with Crippen molar-refractivity contribution in [1.82, 2.24) is 0 Å². The average Bonchev–Trinajstić information content (AvgIpc) is 3.26. The van der Waals surface area contributed by atoms with Gasteiger partial charge in [-0.25, -0.2) is 0 Å². The molecule has 0 saturated heterocycles. The summed E-state index contributed by atoms with van der Waals surface area (Å²) in [6.45, 7) is 8.33. The molecular formula is C18H30N2O. The van der Waals surface area contributed by atoms with Crippen LogP contribution >= 0.6 is 0 Å². The molecule has 0 spiro atoms. The van der Waals surface area contributed by atoms with Crippen molar-refractivity contribution in [1.29, 1.82) is 0 Å². The second-order valence-electron chi connectivity index (χ2n) is 6.56. The Balaban J connectivity index is 2.16. The second kappa shape index (κ2) is 7.28. The first kappa shape index (κ1) is 16.3. The minimum absolute atomic E-state index is 0.213. The van der Waals surface area contributed by atoms with E-state index in [9.17, 15) is 0 Å². The maximum atomic E-state index is 5.93. The second-order valence-corrected chi connectivity index (χ2v) is 6.56. The summed E-state index contributed by atoms with van der Waals surface area (Å²) >= 11 is 0. The minimum Gasteiger partial charge on any atom is -0.383 e. The zero-order valence-electron chi connectivity index (χ0n) is 13.9. The summed E-state index contributed by atoms with van der Waals surface area (Å²) in [4.78, 5) is 2.50. The molecule has 1 aliphatic rings. The Morgan fingerprint density at radius 2 is 2.05 bits per heavy atom. The van der Waals surface area contributed by atoms with E-state index in [1.54, 1.807) is 7.11 Å². The first-order valence-electron chi connectivity index (χ1n) is 8.13. The number of benzene rings is 1. The summed E-state index contributed by atoms with van der Waals surface area (Å²) < 4.78 is 5.29. The number of methoxy groups -OCH3 is 1. The van der Waals surface area contributed by atoms with Crippen LogP contribution in [0.3, 0.4) is 0 Å². The van der Waals surface area contributed by atoms with Gasteiger partial charge in [-0.1, -0.05) is 6.07 Å². The fourth-order valence-corrected chi connectivity index (χ4v) is 3.03. The van der Waals surface area contributed by atoms with Crippen molar-refractivity contribution in [2.75, 3.05) is 25.2 Å². The van der Waals surface area contributed by atoms with Gasteiger partial charge in [0.05, 0.1) is 6.61 Å². The predicted octanol–water partition coefficient (Wildman–Crippen LogP) is 3.14. The van der Waals surface area contributed by atoms with E-state index in [0.29, 0.717) is 6.04 Å². The summed E-state index contributed by atoms with van der Waals surface area (Å²) in [5, 5.41) is 0. The molecule has 1 aromatic carbocycles. The number of hydrogen-bond acceptors (Lipinski definition) is 3. The fraction of sp³-hybridized carbons (Fsp3) is 0.667. The molecule has 1 fully saturated rings. The van der Waals surface area contributed by atoms with Gasteiger partial charge in [0.2, 0.25) is 0 Å². The van der Waals surface area contributed by atoms with Crippen molar-refractivity contribution in [2.24, 2.45) is 11.7 Å². The van der Waals surface area contributed by atoms with Crippen molar-refractivity contribution in [3.05, 3.63) is 29.3 Å². The molecule has 0 radical (unpaired) electrons. The van der Waals surface area contributed by atoms with E-state index in [1.165, 1.54) is 29.7 Å². The number of nitrogens with zero attached hydrogens (tertiary/aromatic N) is 1. The van der Waals surface area contributed by atoms with Gasteiger partial charge in [0, 0.05) is 31.4 Å². The number of ether oxygens (including phenoxy) is 1. The summed E-state index contributed by atoms with van der Waals surface area (Å²) in [7, 11) is 1.77. The third-order valence-electron chi connectivity index (χ3n) is 4.53. The Labute approximate surface area is 129 Å². The van der Waals surface area contributed by atoms with Crippen molar-refractivity contribution in [3.63, 3.8) is 0 Å². The maximum Gasteiger partial charge on any atom is 0.0637 e. The van der Waals surface area contributed by atoms with Crippen LogP contribution in [0.25, 0.3) is 0 Å². The molecule has 0 aliphatic heterocycles. The third kappa shape index (κ3) is 4.45. The normalized spacial score (nSPS) is 17.6. The van der Waals surface area contributed by atoms with Gasteiger partial charge in [0.15, 0.2) is 0 Å². The van der Waals surface area contributed by atoms with E-state index in [-0.39, 0.29) is 6.04 Å². The van der Waals surface area contributed by atoms with Crippen LogP contribution in [0.1, 0.15) is 37.8 Å². The highest BCUT2D eigenvalue weighted by Crippen LogP contribution is 2.37. The molecule has 21 heavy (non-hydrogen) atoms. The molecule has 0 amide bonds. The molecule has 2 N–H and O–H groups in total. The summed E-state index contributed by atoms with van der Waals surface area (Å²) in [5.41, 5.74) is 9.95. The largest absolute Gasteiger partial charge is 0.383 e. The molecule has 2 atom stereocenters. The minimum atomic E-state index is 0.213. The number of rotatable bonds is 8. The molecular weight excluding hydrogens is 260 g/mol. The molecule has 0 aromatic heterocycles. The van der Waals surface area contributed by atoms with Crippen molar-refractivity contribution in [2.45, 2.75) is 52.1 Å². The molecule has 0 heterocycles. The Morgan fingerprint density at radius 1 is 1.33 bits per heavy atom. The third-order valence-corrected chi connectivity index (χ3v) is 4.53. The number of hydrogen-bond donors (Lipinski definition) is 1. The summed E-state index contributed by atoms with van der Waals surface area (Å²) in [6.07, 6.45) is 3.68. The maximum absolute atomic E-state index is 5.93. The number of aryl methyl sites for hydroxylation is 1. The van der Waals surface area contributed by atoms with Gasteiger partial charge in [-0.15, -0.1) is 0 Å². The molecule has 0 bridgehead atoms. The van der Waals surface area contributed by atoms with E-state index in [4.69, 9.17) is 10.5 Å². The van der Waals surface area contributed by atoms with Gasteiger partial charge in [-0.05, 0) is 69.2 Å². The monoisotopic (exact) mass is 290 g/mol. The predicted molar refractivity (Wildman–Crippen MR) is 89.9 cm³/mol. The van der Waals surface area contributed by atoms with Crippen molar-refractivity contribution in [3.8, 4) is 0 Å². The van der Waals surface area contributed by atoms with Gasteiger partial charge in [-0.2, -0.15) is 0 Å². The Bertz CT molecular complexity index is 455. The van der Waals surface area contributed by atoms with Crippen LogP contribution in [-0.2, 0) is 11.2 Å². The Morgan fingerprint density at radius 3 is 2.57 bits per heavy atom. The zero-order valence-corrected chi connectivity index (χ0v) is 13.9. The van der Waals surface area contributed by atoms with Crippen LogP contribution < -0.4 is 10.6 Å². The van der Waals surface area contributed by atoms with Gasteiger partial charge in [0.25, 0.3) is 0 Å². The van der Waals surface area contributed by atoms with Gasteiger partial charge < -0.3 is 15.4 Å².